The molecule has 0 bridgehead atoms. The van der Waals surface area contributed by atoms with Crippen LogP contribution in [0.5, 0.6) is 0 Å². The molecule has 0 aliphatic carbocycles. The third kappa shape index (κ3) is 3.56. The van der Waals surface area contributed by atoms with Crippen LogP contribution in [0.4, 0.5) is 0 Å². The van der Waals surface area contributed by atoms with Crippen molar-refractivity contribution in [3.63, 3.8) is 0 Å². The van der Waals surface area contributed by atoms with Gasteiger partial charge in [-0.05, 0) is 27.4 Å². The lowest BCUT2D eigenvalue weighted by atomic mass is 10.5. The molecule has 6 heteroatoms. The molecule has 0 saturated heterocycles. The van der Waals surface area contributed by atoms with Gasteiger partial charge in [0, 0.05) is 17.3 Å². The molecule has 13 heavy (non-hydrogen) atoms. The minimum absolute atomic E-state index is 0.135. The van der Waals surface area contributed by atoms with Crippen LogP contribution in [0.15, 0.2) is 22.0 Å². The van der Waals surface area contributed by atoms with Crippen molar-refractivity contribution in [2.45, 2.75) is 0 Å². The fraction of sp³-hybridized carbons (Fsp3) is 0.143. The maximum absolute atomic E-state index is 7.95. The highest BCUT2D eigenvalue weighted by Crippen LogP contribution is 2.03. The molecule has 0 aromatic carbocycles. The average molecular weight is 238 g/mol. The third-order valence-electron chi connectivity index (χ3n) is 1.03. The monoisotopic (exact) mass is 237 g/mol. The molecular formula is C7H4BrN5. The van der Waals surface area contributed by atoms with Crippen LogP contribution < -0.4 is 0 Å². The fourth-order valence-electron chi connectivity index (χ4n) is 0.562. The Bertz CT molecular complexity index is 382. The van der Waals surface area contributed by atoms with Gasteiger partial charge in [-0.1, -0.05) is 11.0 Å². The summed E-state index contributed by atoms with van der Waals surface area (Å²) in [5.74, 6) is 5.67. The number of rotatable bonds is 1. The van der Waals surface area contributed by atoms with Gasteiger partial charge in [0.25, 0.3) is 0 Å². The standard InChI is InChI=1S/C7H4BrN5/c8-6-4-10-7(11-5-6)2-1-3-12-13-9/h4-5H,3H2. The van der Waals surface area contributed by atoms with Gasteiger partial charge in [0.05, 0.1) is 11.0 Å². The lowest BCUT2D eigenvalue weighted by Crippen LogP contribution is -1.86. The molecule has 0 aliphatic heterocycles. The second-order valence-electron chi connectivity index (χ2n) is 1.92. The third-order valence-corrected chi connectivity index (χ3v) is 1.44. The predicted octanol–water partition coefficient (Wildman–Crippen LogP) is 1.90. The van der Waals surface area contributed by atoms with E-state index in [4.69, 9.17) is 5.53 Å². The van der Waals surface area contributed by atoms with Crippen LogP contribution in [0, 0.1) is 11.8 Å². The predicted molar refractivity (Wildman–Crippen MR) is 50.6 cm³/mol. The Morgan fingerprint density at radius 2 is 2.23 bits per heavy atom. The first-order valence-corrected chi connectivity index (χ1v) is 4.09. The van der Waals surface area contributed by atoms with E-state index in [2.05, 4.69) is 47.8 Å². The zero-order valence-electron chi connectivity index (χ0n) is 6.48. The second kappa shape index (κ2) is 5.14. The maximum Gasteiger partial charge on any atom is 0.204 e. The number of hydrogen-bond donors (Lipinski definition) is 0. The summed E-state index contributed by atoms with van der Waals surface area (Å²) in [6, 6.07) is 0. The Hall–Kier alpha value is -1.57. The van der Waals surface area contributed by atoms with E-state index in [1.54, 1.807) is 12.4 Å². The first-order valence-electron chi connectivity index (χ1n) is 3.30. The minimum atomic E-state index is 0.135. The molecule has 1 heterocycles. The Morgan fingerprint density at radius 1 is 1.54 bits per heavy atom. The van der Waals surface area contributed by atoms with E-state index in [-0.39, 0.29) is 6.54 Å². The van der Waals surface area contributed by atoms with E-state index in [1.165, 1.54) is 0 Å². The highest BCUT2D eigenvalue weighted by Gasteiger charge is 1.88. The van der Waals surface area contributed by atoms with Crippen LogP contribution in [-0.2, 0) is 0 Å². The molecule has 1 rings (SSSR count). The number of aromatic nitrogens is 2. The van der Waals surface area contributed by atoms with Gasteiger partial charge < -0.3 is 0 Å². The van der Waals surface area contributed by atoms with Gasteiger partial charge in [0.2, 0.25) is 5.82 Å². The minimum Gasteiger partial charge on any atom is -0.228 e. The summed E-state index contributed by atoms with van der Waals surface area (Å²) in [6.07, 6.45) is 3.20. The molecule has 1 aromatic heterocycles. The summed E-state index contributed by atoms with van der Waals surface area (Å²) < 4.78 is 0.799. The van der Waals surface area contributed by atoms with Crippen LogP contribution in [0.3, 0.4) is 0 Å². The van der Waals surface area contributed by atoms with Crippen molar-refractivity contribution in [2.24, 2.45) is 5.11 Å². The molecule has 64 valence electrons. The number of halogens is 1. The summed E-state index contributed by atoms with van der Waals surface area (Å²) in [4.78, 5) is 10.4. The Kier molecular flexibility index (Phi) is 3.76. The second-order valence-corrected chi connectivity index (χ2v) is 2.83. The molecule has 5 nitrogen and oxygen atoms in total. The molecular weight excluding hydrogens is 234 g/mol. The quantitative estimate of drug-likeness (QED) is 0.324. The molecule has 0 radical (unpaired) electrons. The summed E-state index contributed by atoms with van der Waals surface area (Å²) >= 11 is 3.20. The van der Waals surface area contributed by atoms with Crippen molar-refractivity contribution in [3.8, 4) is 11.8 Å². The topological polar surface area (TPSA) is 74.5 Å². The van der Waals surface area contributed by atoms with E-state index in [0.29, 0.717) is 5.82 Å². The van der Waals surface area contributed by atoms with Crippen LogP contribution in [-0.4, -0.2) is 16.5 Å². The first kappa shape index (κ1) is 9.52. The van der Waals surface area contributed by atoms with Gasteiger partial charge in [0.15, 0.2) is 0 Å². The number of nitrogens with zero attached hydrogens (tertiary/aromatic N) is 5. The molecule has 0 fully saturated rings. The van der Waals surface area contributed by atoms with Gasteiger partial charge in [-0.2, -0.15) is 0 Å². The van der Waals surface area contributed by atoms with E-state index in [9.17, 15) is 0 Å². The van der Waals surface area contributed by atoms with Crippen molar-refractivity contribution < 1.29 is 0 Å². The largest absolute Gasteiger partial charge is 0.228 e. The molecule has 0 amide bonds. The van der Waals surface area contributed by atoms with E-state index < -0.39 is 0 Å². The molecule has 0 aliphatic rings. The fourth-order valence-corrected chi connectivity index (χ4v) is 0.767. The summed E-state index contributed by atoms with van der Waals surface area (Å²) in [6.45, 7) is 0.135. The summed E-state index contributed by atoms with van der Waals surface area (Å²) in [7, 11) is 0. The van der Waals surface area contributed by atoms with Gasteiger partial charge in [0.1, 0.15) is 0 Å². The molecule has 0 unspecified atom stereocenters. The van der Waals surface area contributed by atoms with E-state index in [0.717, 1.165) is 4.47 Å². The van der Waals surface area contributed by atoms with Crippen LogP contribution in [0.25, 0.3) is 10.4 Å². The van der Waals surface area contributed by atoms with Crippen molar-refractivity contribution >= 4 is 15.9 Å². The Balaban J connectivity index is 2.66. The van der Waals surface area contributed by atoms with Crippen molar-refractivity contribution in [1.82, 2.24) is 9.97 Å². The molecule has 0 saturated carbocycles. The zero-order chi connectivity index (χ0) is 9.52. The Labute approximate surface area is 83.0 Å². The van der Waals surface area contributed by atoms with Crippen LogP contribution in [0.1, 0.15) is 5.82 Å². The smallest absolute Gasteiger partial charge is 0.204 e. The molecule has 0 atom stereocenters. The normalized spacial score (nSPS) is 8.08. The molecule has 0 N–H and O–H groups in total. The van der Waals surface area contributed by atoms with Gasteiger partial charge >= 0.3 is 0 Å². The van der Waals surface area contributed by atoms with Crippen molar-refractivity contribution in [2.75, 3.05) is 6.54 Å². The van der Waals surface area contributed by atoms with Crippen molar-refractivity contribution in [3.05, 3.63) is 33.1 Å². The van der Waals surface area contributed by atoms with E-state index >= 15 is 0 Å². The van der Waals surface area contributed by atoms with E-state index in [1.807, 2.05) is 0 Å². The highest BCUT2D eigenvalue weighted by atomic mass is 79.9. The maximum atomic E-state index is 7.95. The number of azide groups is 1. The van der Waals surface area contributed by atoms with Crippen molar-refractivity contribution in [1.29, 1.82) is 0 Å². The lowest BCUT2D eigenvalue weighted by Gasteiger charge is -1.87. The number of hydrogen-bond acceptors (Lipinski definition) is 3. The van der Waals surface area contributed by atoms with Crippen LogP contribution >= 0.6 is 15.9 Å². The van der Waals surface area contributed by atoms with Gasteiger partial charge in [-0.25, -0.2) is 9.97 Å². The SMILES string of the molecule is [N-]=[N+]=NCC#Cc1ncc(Br)cn1. The Morgan fingerprint density at radius 3 is 2.85 bits per heavy atom. The highest BCUT2D eigenvalue weighted by molar-refractivity contribution is 9.10. The van der Waals surface area contributed by atoms with Gasteiger partial charge in [-0.15, -0.1) is 0 Å². The lowest BCUT2D eigenvalue weighted by molar-refractivity contribution is 1.11. The molecule has 1 aromatic rings. The summed E-state index contributed by atoms with van der Waals surface area (Å²) in [5.41, 5.74) is 7.95. The summed E-state index contributed by atoms with van der Waals surface area (Å²) in [5, 5.41) is 3.25. The average Bonchev–Trinajstić information content (AvgIpc) is 2.15. The van der Waals surface area contributed by atoms with Crippen LogP contribution in [0.2, 0.25) is 0 Å². The first-order chi connectivity index (χ1) is 6.33. The zero-order valence-corrected chi connectivity index (χ0v) is 8.06. The van der Waals surface area contributed by atoms with Gasteiger partial charge in [-0.3, -0.25) is 0 Å². The molecule has 0 spiro atoms.